The molecule has 0 aliphatic rings. The summed E-state index contributed by atoms with van der Waals surface area (Å²) in [6, 6.07) is 2.37. The minimum Gasteiger partial charge on any atom is -0.390 e. The predicted molar refractivity (Wildman–Crippen MR) is 49.2 cm³/mol. The second-order valence-electron chi connectivity index (χ2n) is 2.84. The number of aliphatic hydroxyl groups is 2. The molecule has 0 amide bonds. The van der Waals surface area contributed by atoms with E-state index in [1.165, 1.54) is 6.07 Å². The highest BCUT2D eigenvalue weighted by Gasteiger charge is 2.17. The van der Waals surface area contributed by atoms with E-state index in [2.05, 4.69) is 15.0 Å². The fourth-order valence-electron chi connectivity index (χ4n) is 1.00. The van der Waals surface area contributed by atoms with Gasteiger partial charge in [0, 0.05) is 16.7 Å². The van der Waals surface area contributed by atoms with E-state index in [1.807, 2.05) is 0 Å². The van der Waals surface area contributed by atoms with E-state index in [-0.39, 0.29) is 12.1 Å². The quantitative estimate of drug-likeness (QED) is 0.335. The van der Waals surface area contributed by atoms with Crippen LogP contribution >= 0.6 is 0 Å². The molecule has 1 rings (SSSR count). The molecule has 2 N–H and O–H groups in total. The number of aromatic nitrogens is 1. The van der Waals surface area contributed by atoms with Gasteiger partial charge in [0.25, 0.3) is 0 Å². The summed E-state index contributed by atoms with van der Waals surface area (Å²) in [6.07, 6.45) is -1.36. The van der Waals surface area contributed by atoms with Crippen molar-refractivity contribution in [3.8, 4) is 0 Å². The van der Waals surface area contributed by atoms with E-state index in [4.69, 9.17) is 5.53 Å². The van der Waals surface area contributed by atoms with Gasteiger partial charge in [-0.2, -0.15) is 4.39 Å². The first kappa shape index (κ1) is 11.4. The van der Waals surface area contributed by atoms with Gasteiger partial charge in [0.1, 0.15) is 6.10 Å². The zero-order valence-electron chi connectivity index (χ0n) is 7.66. The van der Waals surface area contributed by atoms with E-state index < -0.39 is 18.2 Å². The Morgan fingerprint density at radius 1 is 1.53 bits per heavy atom. The fraction of sp³-hybridized carbons (Fsp3) is 0.375. The van der Waals surface area contributed by atoms with Crippen molar-refractivity contribution < 1.29 is 14.6 Å². The van der Waals surface area contributed by atoms with Crippen LogP contribution in [0.2, 0.25) is 0 Å². The molecule has 15 heavy (non-hydrogen) atoms. The van der Waals surface area contributed by atoms with Gasteiger partial charge in [0.2, 0.25) is 5.95 Å². The summed E-state index contributed by atoms with van der Waals surface area (Å²) in [7, 11) is 0. The number of hydrogen-bond acceptors (Lipinski definition) is 4. The minimum atomic E-state index is -1.25. The van der Waals surface area contributed by atoms with Crippen molar-refractivity contribution in [3.63, 3.8) is 0 Å². The average Bonchev–Trinajstić information content (AvgIpc) is 2.26. The lowest BCUT2D eigenvalue weighted by Gasteiger charge is -2.15. The monoisotopic (exact) mass is 212 g/mol. The number of aliphatic hydroxyl groups excluding tert-OH is 2. The van der Waals surface area contributed by atoms with Gasteiger partial charge in [0.05, 0.1) is 12.6 Å². The normalized spacial score (nSPS) is 14.1. The lowest BCUT2D eigenvalue weighted by molar-refractivity contribution is 0.0241. The fourth-order valence-corrected chi connectivity index (χ4v) is 1.00. The second kappa shape index (κ2) is 5.26. The van der Waals surface area contributed by atoms with Gasteiger partial charge >= 0.3 is 0 Å². The summed E-state index contributed by atoms with van der Waals surface area (Å²) in [5, 5.41) is 22.0. The number of rotatable bonds is 4. The van der Waals surface area contributed by atoms with Gasteiger partial charge < -0.3 is 10.2 Å². The standard InChI is InChI=1S/C8H9FN4O2/c9-7-2-1-5(3-11-7)8(15)6(14)4-12-13-10/h1-3,6,8,14-15H,4H2. The maximum atomic E-state index is 12.4. The Balaban J connectivity index is 2.70. The van der Waals surface area contributed by atoms with Crippen molar-refractivity contribution in [2.24, 2.45) is 5.11 Å². The number of nitrogens with zero attached hydrogens (tertiary/aromatic N) is 4. The van der Waals surface area contributed by atoms with Crippen LogP contribution in [0.25, 0.3) is 10.4 Å². The summed E-state index contributed by atoms with van der Waals surface area (Å²) < 4.78 is 12.4. The summed E-state index contributed by atoms with van der Waals surface area (Å²) in [6.45, 7) is -0.255. The van der Waals surface area contributed by atoms with E-state index in [0.29, 0.717) is 0 Å². The number of azide groups is 1. The predicted octanol–water partition coefficient (Wildman–Crippen LogP) is 0.925. The maximum absolute atomic E-state index is 12.4. The van der Waals surface area contributed by atoms with Crippen molar-refractivity contribution in [2.45, 2.75) is 12.2 Å². The third kappa shape index (κ3) is 3.17. The molecule has 1 aromatic rings. The summed E-state index contributed by atoms with van der Waals surface area (Å²) in [4.78, 5) is 5.77. The Labute approximate surface area is 84.6 Å². The molecule has 0 radical (unpaired) electrons. The first-order valence-electron chi connectivity index (χ1n) is 4.13. The maximum Gasteiger partial charge on any atom is 0.212 e. The van der Waals surface area contributed by atoms with Crippen LogP contribution in [0, 0.1) is 5.95 Å². The Hall–Kier alpha value is -1.69. The Bertz CT molecular complexity index is 363. The zero-order valence-corrected chi connectivity index (χ0v) is 7.66. The van der Waals surface area contributed by atoms with Crippen LogP contribution in [-0.4, -0.2) is 27.8 Å². The van der Waals surface area contributed by atoms with Gasteiger partial charge in [0.15, 0.2) is 0 Å². The molecule has 0 bridgehead atoms. The highest BCUT2D eigenvalue weighted by atomic mass is 19.1. The van der Waals surface area contributed by atoms with Crippen LogP contribution in [0.3, 0.4) is 0 Å². The molecule has 6 nitrogen and oxygen atoms in total. The van der Waals surface area contributed by atoms with Gasteiger partial charge in [-0.1, -0.05) is 11.2 Å². The molecule has 0 fully saturated rings. The van der Waals surface area contributed by atoms with Crippen LogP contribution in [0.1, 0.15) is 11.7 Å². The van der Waals surface area contributed by atoms with Crippen molar-refractivity contribution in [1.82, 2.24) is 4.98 Å². The molecule has 0 saturated heterocycles. The summed E-state index contributed by atoms with van der Waals surface area (Å²) in [5.74, 6) is -0.671. The summed E-state index contributed by atoms with van der Waals surface area (Å²) >= 11 is 0. The van der Waals surface area contributed by atoms with Crippen LogP contribution in [0.15, 0.2) is 23.4 Å². The molecule has 1 aromatic heterocycles. The Morgan fingerprint density at radius 3 is 2.80 bits per heavy atom. The molecule has 0 aromatic carbocycles. The van der Waals surface area contributed by atoms with Crippen LogP contribution in [0.5, 0.6) is 0 Å². The molecule has 80 valence electrons. The molecule has 0 aliphatic carbocycles. The first-order valence-corrected chi connectivity index (χ1v) is 4.13. The van der Waals surface area contributed by atoms with E-state index in [0.717, 1.165) is 12.3 Å². The van der Waals surface area contributed by atoms with Crippen molar-refractivity contribution >= 4 is 0 Å². The van der Waals surface area contributed by atoms with Crippen LogP contribution < -0.4 is 0 Å². The van der Waals surface area contributed by atoms with E-state index in [1.54, 1.807) is 0 Å². The molecule has 0 spiro atoms. The first-order chi connectivity index (χ1) is 7.15. The highest BCUT2D eigenvalue weighted by molar-refractivity contribution is 5.13. The molecule has 2 unspecified atom stereocenters. The van der Waals surface area contributed by atoms with E-state index >= 15 is 0 Å². The van der Waals surface area contributed by atoms with Crippen molar-refractivity contribution in [3.05, 3.63) is 40.3 Å². The minimum absolute atomic E-state index is 0.255. The SMILES string of the molecule is [N-]=[N+]=NCC(O)C(O)c1ccc(F)nc1. The molecule has 0 aliphatic heterocycles. The Morgan fingerprint density at radius 2 is 2.27 bits per heavy atom. The smallest absolute Gasteiger partial charge is 0.212 e. The van der Waals surface area contributed by atoms with Gasteiger partial charge in [-0.25, -0.2) is 4.98 Å². The largest absolute Gasteiger partial charge is 0.390 e. The zero-order chi connectivity index (χ0) is 11.3. The van der Waals surface area contributed by atoms with Crippen molar-refractivity contribution in [2.75, 3.05) is 6.54 Å². The number of pyridine rings is 1. The second-order valence-corrected chi connectivity index (χ2v) is 2.84. The third-order valence-corrected chi connectivity index (χ3v) is 1.79. The number of halogens is 1. The molecule has 0 saturated carbocycles. The molecule has 2 atom stereocenters. The third-order valence-electron chi connectivity index (χ3n) is 1.79. The molecule has 1 heterocycles. The molecular weight excluding hydrogens is 203 g/mol. The lowest BCUT2D eigenvalue weighted by atomic mass is 10.1. The van der Waals surface area contributed by atoms with Crippen molar-refractivity contribution in [1.29, 1.82) is 0 Å². The summed E-state index contributed by atoms with van der Waals surface area (Å²) in [5.41, 5.74) is 8.27. The average molecular weight is 212 g/mol. The number of hydrogen-bond donors (Lipinski definition) is 2. The van der Waals surface area contributed by atoms with E-state index in [9.17, 15) is 14.6 Å². The topological polar surface area (TPSA) is 102 Å². The molecule has 7 heteroatoms. The van der Waals surface area contributed by atoms with Crippen LogP contribution in [-0.2, 0) is 0 Å². The highest BCUT2D eigenvalue weighted by Crippen LogP contribution is 2.16. The van der Waals surface area contributed by atoms with Gasteiger partial charge in [-0.3, -0.25) is 0 Å². The molecular formula is C8H9FN4O2. The lowest BCUT2D eigenvalue weighted by Crippen LogP contribution is -2.21. The van der Waals surface area contributed by atoms with Crippen LogP contribution in [0.4, 0.5) is 4.39 Å². The van der Waals surface area contributed by atoms with Gasteiger partial charge in [-0.05, 0) is 11.6 Å². The Kier molecular flexibility index (Phi) is 3.99. The van der Waals surface area contributed by atoms with Gasteiger partial charge in [-0.15, -0.1) is 0 Å².